The summed E-state index contributed by atoms with van der Waals surface area (Å²) in [5.74, 6) is -1.31. The monoisotopic (exact) mass is 190 g/mol. The zero-order chi connectivity index (χ0) is 10.1. The van der Waals surface area contributed by atoms with Crippen molar-refractivity contribution in [2.24, 2.45) is 0 Å². The number of ketones is 1. The molecule has 1 heterocycles. The molecule has 0 fully saturated rings. The van der Waals surface area contributed by atoms with E-state index in [1.165, 1.54) is 0 Å². The minimum atomic E-state index is -1.19. The highest BCUT2D eigenvalue weighted by Crippen LogP contribution is 2.29. The number of benzene rings is 1. The van der Waals surface area contributed by atoms with Crippen molar-refractivity contribution in [1.82, 2.24) is 0 Å². The first-order chi connectivity index (χ1) is 6.68. The molecule has 1 aliphatic rings. The maximum absolute atomic E-state index is 11.5. The second kappa shape index (κ2) is 2.99. The molecule has 1 aliphatic heterocycles. The number of carbonyl (C=O) groups excluding carboxylic acids is 1. The van der Waals surface area contributed by atoms with Gasteiger partial charge in [0.25, 0.3) is 0 Å². The maximum atomic E-state index is 11.5. The van der Waals surface area contributed by atoms with Gasteiger partial charge in [-0.05, 0) is 12.1 Å². The lowest BCUT2D eigenvalue weighted by Gasteiger charge is -1.94. The Kier molecular flexibility index (Phi) is 1.81. The fraction of sp³-hybridized carbons (Fsp3) is 0. The highest BCUT2D eigenvalue weighted by Gasteiger charge is 2.27. The Balaban J connectivity index is 2.44. The predicted octanol–water partition coefficient (Wildman–Crippen LogP) is 1.23. The third kappa shape index (κ3) is 1.26. The van der Waals surface area contributed by atoms with Gasteiger partial charge in [0.2, 0.25) is 5.78 Å². The number of carboxylic acids is 1. The molecule has 0 aliphatic carbocycles. The molecule has 2 rings (SSSR count). The topological polar surface area (TPSA) is 63.6 Å². The van der Waals surface area contributed by atoms with Gasteiger partial charge in [-0.3, -0.25) is 4.79 Å². The zero-order valence-corrected chi connectivity index (χ0v) is 7.06. The van der Waals surface area contributed by atoms with Crippen LogP contribution in [0, 0.1) is 0 Å². The molecule has 0 bridgehead atoms. The van der Waals surface area contributed by atoms with E-state index in [2.05, 4.69) is 0 Å². The number of fused-ring (bicyclic) bond motifs is 1. The van der Waals surface area contributed by atoms with E-state index in [1.54, 1.807) is 24.3 Å². The van der Waals surface area contributed by atoms with Crippen molar-refractivity contribution in [2.75, 3.05) is 0 Å². The third-order valence-corrected chi connectivity index (χ3v) is 1.83. The Bertz CT molecular complexity index is 445. The van der Waals surface area contributed by atoms with Gasteiger partial charge in [0, 0.05) is 0 Å². The second-order valence-corrected chi connectivity index (χ2v) is 2.77. The summed E-state index contributed by atoms with van der Waals surface area (Å²) in [6.07, 6.45) is 0.766. The van der Waals surface area contributed by atoms with Crippen molar-refractivity contribution in [3.8, 4) is 5.75 Å². The largest absolute Gasteiger partial charge is 0.478 e. The van der Waals surface area contributed by atoms with E-state index in [1.807, 2.05) is 0 Å². The molecule has 0 aromatic heterocycles. The highest BCUT2D eigenvalue weighted by atomic mass is 16.5. The number of hydrogen-bond donors (Lipinski definition) is 1. The molecule has 0 amide bonds. The number of para-hydroxylation sites is 1. The summed E-state index contributed by atoms with van der Waals surface area (Å²) < 4.78 is 5.06. The Morgan fingerprint density at radius 2 is 2.07 bits per heavy atom. The fourth-order valence-electron chi connectivity index (χ4n) is 1.25. The summed E-state index contributed by atoms with van der Waals surface area (Å²) in [6, 6.07) is 6.63. The van der Waals surface area contributed by atoms with Gasteiger partial charge in [0.1, 0.15) is 5.75 Å². The predicted molar refractivity (Wildman–Crippen MR) is 47.1 cm³/mol. The van der Waals surface area contributed by atoms with E-state index in [9.17, 15) is 9.59 Å². The number of carboxylic acid groups (broad SMARTS) is 1. The molecule has 1 N–H and O–H groups in total. The van der Waals surface area contributed by atoms with Gasteiger partial charge in [-0.15, -0.1) is 0 Å². The number of rotatable bonds is 1. The zero-order valence-electron chi connectivity index (χ0n) is 7.06. The first-order valence-electron chi connectivity index (χ1n) is 3.94. The van der Waals surface area contributed by atoms with E-state index in [4.69, 9.17) is 9.84 Å². The average molecular weight is 190 g/mol. The molecule has 0 saturated carbocycles. The van der Waals surface area contributed by atoms with Crippen LogP contribution in [0.15, 0.2) is 36.1 Å². The summed E-state index contributed by atoms with van der Waals surface area (Å²) in [5.41, 5.74) is 0.403. The van der Waals surface area contributed by atoms with Gasteiger partial charge in [0.05, 0.1) is 11.6 Å². The van der Waals surface area contributed by atoms with Crippen molar-refractivity contribution in [3.63, 3.8) is 0 Å². The molecule has 1 aromatic rings. The fourth-order valence-corrected chi connectivity index (χ4v) is 1.25. The molecule has 0 saturated heterocycles. The Labute approximate surface area is 79.4 Å². The maximum Gasteiger partial charge on any atom is 0.332 e. The van der Waals surface area contributed by atoms with Crippen LogP contribution in [-0.4, -0.2) is 16.9 Å². The summed E-state index contributed by atoms with van der Waals surface area (Å²) in [6.45, 7) is 0. The van der Waals surface area contributed by atoms with Crippen molar-refractivity contribution < 1.29 is 19.4 Å². The van der Waals surface area contributed by atoms with Crippen molar-refractivity contribution in [3.05, 3.63) is 41.7 Å². The lowest BCUT2D eigenvalue weighted by Crippen LogP contribution is -2.02. The smallest absolute Gasteiger partial charge is 0.332 e. The first-order valence-corrected chi connectivity index (χ1v) is 3.94. The van der Waals surface area contributed by atoms with Gasteiger partial charge in [-0.2, -0.15) is 0 Å². The highest BCUT2D eigenvalue weighted by molar-refractivity contribution is 6.14. The van der Waals surface area contributed by atoms with E-state index in [0.29, 0.717) is 11.3 Å². The third-order valence-electron chi connectivity index (χ3n) is 1.83. The summed E-state index contributed by atoms with van der Waals surface area (Å²) in [4.78, 5) is 21.8. The number of aliphatic carboxylic acids is 1. The number of hydrogen-bond acceptors (Lipinski definition) is 3. The number of carbonyl (C=O) groups is 2. The van der Waals surface area contributed by atoms with Crippen LogP contribution in [0.1, 0.15) is 10.4 Å². The van der Waals surface area contributed by atoms with Gasteiger partial charge in [0.15, 0.2) is 5.76 Å². The molecule has 0 spiro atoms. The van der Waals surface area contributed by atoms with E-state index in [0.717, 1.165) is 6.08 Å². The number of ether oxygens (including phenoxy) is 1. The number of allylic oxidation sites excluding steroid dienone is 1. The van der Waals surface area contributed by atoms with E-state index < -0.39 is 5.97 Å². The summed E-state index contributed by atoms with van der Waals surface area (Å²) in [7, 11) is 0. The minimum absolute atomic E-state index is 0.140. The SMILES string of the molecule is O=C(O)C=C1Oc2ccccc2C1=O. The number of Topliss-reactive ketones (excluding diaryl/α,β-unsaturated/α-hetero) is 1. The molecule has 4 heteroatoms. The minimum Gasteiger partial charge on any atom is -0.478 e. The molecule has 4 nitrogen and oxygen atoms in total. The standard InChI is InChI=1S/C10H6O4/c11-9(12)5-8-10(13)6-3-1-2-4-7(6)14-8/h1-5H,(H,11,12). The van der Waals surface area contributed by atoms with Crippen LogP contribution in [-0.2, 0) is 4.79 Å². The first kappa shape index (κ1) is 8.50. The quantitative estimate of drug-likeness (QED) is 0.676. The molecular formula is C10H6O4. The lowest BCUT2D eigenvalue weighted by molar-refractivity contribution is -0.131. The lowest BCUT2D eigenvalue weighted by atomic mass is 10.1. The normalized spacial score (nSPS) is 16.6. The van der Waals surface area contributed by atoms with Gasteiger partial charge in [-0.25, -0.2) is 4.79 Å². The molecule has 0 unspecified atom stereocenters. The van der Waals surface area contributed by atoms with E-state index >= 15 is 0 Å². The van der Waals surface area contributed by atoms with Crippen LogP contribution in [0.3, 0.4) is 0 Å². The van der Waals surface area contributed by atoms with E-state index in [-0.39, 0.29) is 11.5 Å². The van der Waals surface area contributed by atoms with Crippen molar-refractivity contribution in [1.29, 1.82) is 0 Å². The molecular weight excluding hydrogens is 184 g/mol. The molecule has 14 heavy (non-hydrogen) atoms. The molecule has 0 atom stereocenters. The molecule has 70 valence electrons. The van der Waals surface area contributed by atoms with Gasteiger partial charge >= 0.3 is 5.97 Å². The molecule has 1 aromatic carbocycles. The van der Waals surface area contributed by atoms with Crippen molar-refractivity contribution >= 4 is 11.8 Å². The summed E-state index contributed by atoms with van der Waals surface area (Å²) >= 11 is 0. The Hall–Kier alpha value is -2.10. The Morgan fingerprint density at radius 3 is 2.71 bits per heavy atom. The summed E-state index contributed by atoms with van der Waals surface area (Å²) in [5, 5.41) is 8.46. The van der Waals surface area contributed by atoms with Crippen LogP contribution < -0.4 is 4.74 Å². The molecule has 0 radical (unpaired) electrons. The van der Waals surface area contributed by atoms with Crippen molar-refractivity contribution in [2.45, 2.75) is 0 Å². The van der Waals surface area contributed by atoms with Crippen LogP contribution in [0.25, 0.3) is 0 Å². The van der Waals surface area contributed by atoms with Crippen LogP contribution >= 0.6 is 0 Å². The second-order valence-electron chi connectivity index (χ2n) is 2.77. The van der Waals surface area contributed by atoms with Crippen LogP contribution in [0.5, 0.6) is 5.75 Å². The Morgan fingerprint density at radius 1 is 1.36 bits per heavy atom. The average Bonchev–Trinajstić information content (AvgIpc) is 2.44. The van der Waals surface area contributed by atoms with Gasteiger partial charge in [-0.1, -0.05) is 12.1 Å². The van der Waals surface area contributed by atoms with Crippen LogP contribution in [0.4, 0.5) is 0 Å². The van der Waals surface area contributed by atoms with Gasteiger partial charge < -0.3 is 9.84 Å². The van der Waals surface area contributed by atoms with Crippen LogP contribution in [0.2, 0.25) is 0 Å².